The van der Waals surface area contributed by atoms with Gasteiger partial charge in [0.25, 0.3) is 5.91 Å². The maximum atomic E-state index is 12.5. The van der Waals surface area contributed by atoms with Gasteiger partial charge in [-0.25, -0.2) is 4.79 Å². The summed E-state index contributed by atoms with van der Waals surface area (Å²) in [5, 5.41) is 4.28. The molecular formula is C14H21N3O3. The first kappa shape index (κ1) is 14.6. The predicted molar refractivity (Wildman–Crippen MR) is 73.3 cm³/mol. The lowest BCUT2D eigenvalue weighted by Gasteiger charge is -2.33. The van der Waals surface area contributed by atoms with Crippen LogP contribution in [0.5, 0.6) is 0 Å². The molecule has 1 saturated heterocycles. The third-order valence-electron chi connectivity index (χ3n) is 3.59. The molecule has 1 atom stereocenters. The van der Waals surface area contributed by atoms with Crippen LogP contribution < -0.4 is 0 Å². The molecule has 1 amide bonds. The van der Waals surface area contributed by atoms with Gasteiger partial charge in [-0.15, -0.1) is 0 Å². The van der Waals surface area contributed by atoms with Crippen LogP contribution in [0.4, 0.5) is 0 Å². The summed E-state index contributed by atoms with van der Waals surface area (Å²) in [4.78, 5) is 25.9. The van der Waals surface area contributed by atoms with Crippen molar-refractivity contribution in [3.63, 3.8) is 0 Å². The number of esters is 1. The van der Waals surface area contributed by atoms with Crippen molar-refractivity contribution in [2.24, 2.45) is 0 Å². The van der Waals surface area contributed by atoms with E-state index in [0.29, 0.717) is 18.7 Å². The first-order valence-corrected chi connectivity index (χ1v) is 6.98. The average Bonchev–Trinajstić information content (AvgIpc) is 2.95. The van der Waals surface area contributed by atoms with Crippen molar-refractivity contribution in [2.75, 3.05) is 13.7 Å². The van der Waals surface area contributed by atoms with Crippen molar-refractivity contribution in [2.45, 2.75) is 45.2 Å². The number of piperidine rings is 1. The van der Waals surface area contributed by atoms with Gasteiger partial charge in [0.1, 0.15) is 11.7 Å². The number of methoxy groups -OCH3 is 1. The third-order valence-corrected chi connectivity index (χ3v) is 3.59. The number of ether oxygens (including phenoxy) is 1. The minimum atomic E-state index is -0.481. The molecule has 0 saturated carbocycles. The number of likely N-dealkylation sites (tertiary alicyclic amines) is 1. The quantitative estimate of drug-likeness (QED) is 0.789. The minimum absolute atomic E-state index is 0.195. The van der Waals surface area contributed by atoms with Gasteiger partial charge < -0.3 is 9.64 Å². The lowest BCUT2D eigenvalue weighted by Crippen LogP contribution is -2.48. The molecule has 1 unspecified atom stereocenters. The Labute approximate surface area is 118 Å². The molecule has 0 N–H and O–H groups in total. The summed E-state index contributed by atoms with van der Waals surface area (Å²) in [7, 11) is 1.35. The van der Waals surface area contributed by atoms with Gasteiger partial charge >= 0.3 is 5.97 Å². The van der Waals surface area contributed by atoms with E-state index in [2.05, 4.69) is 5.10 Å². The fourth-order valence-electron chi connectivity index (χ4n) is 2.44. The number of amides is 1. The zero-order valence-corrected chi connectivity index (χ0v) is 12.2. The maximum absolute atomic E-state index is 12.5. The van der Waals surface area contributed by atoms with E-state index in [1.807, 2.05) is 13.8 Å². The molecule has 1 aliphatic rings. The van der Waals surface area contributed by atoms with E-state index in [-0.39, 0.29) is 17.9 Å². The van der Waals surface area contributed by atoms with E-state index in [0.717, 1.165) is 12.8 Å². The van der Waals surface area contributed by atoms with Crippen molar-refractivity contribution in [1.82, 2.24) is 14.7 Å². The van der Waals surface area contributed by atoms with Gasteiger partial charge in [-0.2, -0.15) is 5.10 Å². The Balaban J connectivity index is 2.18. The van der Waals surface area contributed by atoms with Crippen LogP contribution in [0.3, 0.4) is 0 Å². The molecule has 20 heavy (non-hydrogen) atoms. The number of carbonyl (C=O) groups excluding carboxylic acids is 2. The van der Waals surface area contributed by atoms with Crippen LogP contribution in [-0.4, -0.2) is 46.3 Å². The van der Waals surface area contributed by atoms with Crippen molar-refractivity contribution in [1.29, 1.82) is 0 Å². The zero-order chi connectivity index (χ0) is 14.7. The van der Waals surface area contributed by atoms with Crippen molar-refractivity contribution < 1.29 is 14.3 Å². The summed E-state index contributed by atoms with van der Waals surface area (Å²) in [6.07, 6.45) is 4.28. The highest BCUT2D eigenvalue weighted by molar-refractivity contribution is 5.95. The summed E-state index contributed by atoms with van der Waals surface area (Å²) in [6, 6.07) is 1.42. The molecule has 0 spiro atoms. The van der Waals surface area contributed by atoms with Gasteiger partial charge in [0, 0.05) is 18.8 Å². The van der Waals surface area contributed by atoms with E-state index in [9.17, 15) is 9.59 Å². The molecule has 1 aliphatic heterocycles. The van der Waals surface area contributed by atoms with Crippen molar-refractivity contribution in [3.05, 3.63) is 18.0 Å². The maximum Gasteiger partial charge on any atom is 0.328 e. The first-order chi connectivity index (χ1) is 9.54. The number of rotatable bonds is 3. The van der Waals surface area contributed by atoms with E-state index in [1.165, 1.54) is 7.11 Å². The van der Waals surface area contributed by atoms with E-state index in [4.69, 9.17) is 4.74 Å². The molecule has 2 rings (SSSR count). The molecule has 0 aliphatic carbocycles. The summed E-state index contributed by atoms with van der Waals surface area (Å²) >= 11 is 0. The molecule has 2 heterocycles. The van der Waals surface area contributed by atoms with Gasteiger partial charge in [-0.1, -0.05) is 0 Å². The second kappa shape index (κ2) is 6.07. The third kappa shape index (κ3) is 2.84. The average molecular weight is 279 g/mol. The second-order valence-corrected chi connectivity index (χ2v) is 5.31. The second-order valence-electron chi connectivity index (χ2n) is 5.31. The summed E-state index contributed by atoms with van der Waals surface area (Å²) < 4.78 is 6.53. The van der Waals surface area contributed by atoms with Gasteiger partial charge in [-0.05, 0) is 39.2 Å². The SMILES string of the molecule is COC(=O)C1CCCCN1C(=O)c1ccn(C(C)C)n1. The lowest BCUT2D eigenvalue weighted by atomic mass is 10.0. The Morgan fingerprint density at radius 1 is 1.40 bits per heavy atom. The van der Waals surface area contributed by atoms with Crippen molar-refractivity contribution in [3.8, 4) is 0 Å². The molecule has 6 heteroatoms. The Kier molecular flexibility index (Phi) is 4.42. The number of hydrogen-bond donors (Lipinski definition) is 0. The summed E-state index contributed by atoms with van der Waals surface area (Å²) in [5.74, 6) is -0.541. The minimum Gasteiger partial charge on any atom is -0.467 e. The highest BCUT2D eigenvalue weighted by Gasteiger charge is 2.34. The Hall–Kier alpha value is -1.85. The van der Waals surface area contributed by atoms with Crippen LogP contribution in [0.25, 0.3) is 0 Å². The van der Waals surface area contributed by atoms with Gasteiger partial charge in [0.05, 0.1) is 7.11 Å². The van der Waals surface area contributed by atoms with E-state index in [1.54, 1.807) is 21.8 Å². The van der Waals surface area contributed by atoms with E-state index < -0.39 is 6.04 Å². The van der Waals surface area contributed by atoms with Gasteiger partial charge in [0.15, 0.2) is 0 Å². The van der Waals surface area contributed by atoms with Crippen LogP contribution in [0.1, 0.15) is 49.6 Å². The molecule has 1 aromatic rings. The molecule has 6 nitrogen and oxygen atoms in total. The van der Waals surface area contributed by atoms with E-state index >= 15 is 0 Å². The number of carbonyl (C=O) groups is 2. The largest absolute Gasteiger partial charge is 0.467 e. The monoisotopic (exact) mass is 279 g/mol. The molecular weight excluding hydrogens is 258 g/mol. The number of aromatic nitrogens is 2. The van der Waals surface area contributed by atoms with Crippen LogP contribution in [-0.2, 0) is 9.53 Å². The zero-order valence-electron chi connectivity index (χ0n) is 12.2. The Morgan fingerprint density at radius 2 is 2.15 bits per heavy atom. The Bertz CT molecular complexity index is 496. The standard InChI is InChI=1S/C14H21N3O3/c1-10(2)17-9-7-11(15-17)13(18)16-8-5-4-6-12(16)14(19)20-3/h7,9-10,12H,4-6,8H2,1-3H3. The summed E-state index contributed by atoms with van der Waals surface area (Å²) in [5.41, 5.74) is 0.384. The highest BCUT2D eigenvalue weighted by Crippen LogP contribution is 2.20. The molecule has 110 valence electrons. The van der Waals surface area contributed by atoms with Crippen LogP contribution in [0, 0.1) is 0 Å². The molecule has 0 bridgehead atoms. The lowest BCUT2D eigenvalue weighted by molar-refractivity contribution is -0.147. The predicted octanol–water partition coefficient (Wildman–Crippen LogP) is 1.63. The van der Waals surface area contributed by atoms with Crippen LogP contribution in [0.15, 0.2) is 12.3 Å². The van der Waals surface area contributed by atoms with Crippen molar-refractivity contribution >= 4 is 11.9 Å². The fraction of sp³-hybridized carbons (Fsp3) is 0.643. The highest BCUT2D eigenvalue weighted by atomic mass is 16.5. The van der Waals surface area contributed by atoms with Crippen LogP contribution >= 0.6 is 0 Å². The molecule has 0 radical (unpaired) electrons. The number of nitrogens with zero attached hydrogens (tertiary/aromatic N) is 3. The normalized spacial score (nSPS) is 19.2. The van der Waals surface area contributed by atoms with Gasteiger partial charge in [0.2, 0.25) is 0 Å². The molecule has 1 aromatic heterocycles. The number of hydrogen-bond acceptors (Lipinski definition) is 4. The topological polar surface area (TPSA) is 64.4 Å². The fourth-order valence-corrected chi connectivity index (χ4v) is 2.44. The molecule has 0 aromatic carbocycles. The Morgan fingerprint density at radius 3 is 2.75 bits per heavy atom. The van der Waals surface area contributed by atoms with Gasteiger partial charge in [-0.3, -0.25) is 9.48 Å². The summed E-state index contributed by atoms with van der Waals surface area (Å²) in [6.45, 7) is 4.58. The molecule has 1 fully saturated rings. The smallest absolute Gasteiger partial charge is 0.328 e. The van der Waals surface area contributed by atoms with Crippen LogP contribution in [0.2, 0.25) is 0 Å². The first-order valence-electron chi connectivity index (χ1n) is 6.98.